The fourth-order valence-corrected chi connectivity index (χ4v) is 3.58. The molecule has 0 unspecified atom stereocenters. The molecule has 0 spiro atoms. The van der Waals surface area contributed by atoms with Crippen LogP contribution in [0.1, 0.15) is 55.5 Å². The van der Waals surface area contributed by atoms with Gasteiger partial charge in [-0.15, -0.1) is 10.2 Å². The maximum absolute atomic E-state index is 5.90. The van der Waals surface area contributed by atoms with E-state index in [-0.39, 0.29) is 5.92 Å². The van der Waals surface area contributed by atoms with Crippen LogP contribution in [0.15, 0.2) is 47.3 Å². The van der Waals surface area contributed by atoms with Gasteiger partial charge in [-0.05, 0) is 36.4 Å². The van der Waals surface area contributed by atoms with E-state index in [1.165, 1.54) is 11.1 Å². The largest absolute Gasteiger partial charge is 0.419 e. The van der Waals surface area contributed by atoms with E-state index < -0.39 is 0 Å². The molecule has 6 heteroatoms. The van der Waals surface area contributed by atoms with E-state index >= 15 is 0 Å². The topological polar surface area (TPSA) is 67.9 Å². The summed E-state index contributed by atoms with van der Waals surface area (Å²) in [4.78, 5) is 10.8. The van der Waals surface area contributed by atoms with Gasteiger partial charge < -0.3 is 4.42 Å². The lowest BCUT2D eigenvalue weighted by Crippen LogP contribution is -2.34. The summed E-state index contributed by atoms with van der Waals surface area (Å²) in [6.07, 6.45) is 7.12. The van der Waals surface area contributed by atoms with Gasteiger partial charge in [0.05, 0.1) is 12.1 Å². The van der Waals surface area contributed by atoms with Crippen molar-refractivity contribution in [3.63, 3.8) is 0 Å². The molecule has 1 aromatic carbocycles. The number of hydrogen-bond donors (Lipinski definition) is 0. The summed E-state index contributed by atoms with van der Waals surface area (Å²) in [5, 5.41) is 8.44. The van der Waals surface area contributed by atoms with Crippen LogP contribution >= 0.6 is 0 Å². The van der Waals surface area contributed by atoms with E-state index in [9.17, 15) is 0 Å². The first-order valence-corrected chi connectivity index (χ1v) is 9.60. The molecule has 3 heterocycles. The highest BCUT2D eigenvalue weighted by molar-refractivity contribution is 5.43. The van der Waals surface area contributed by atoms with Gasteiger partial charge in [-0.25, -0.2) is 4.98 Å². The summed E-state index contributed by atoms with van der Waals surface area (Å²) in [5.74, 6) is 1.99. The Kier molecular flexibility index (Phi) is 5.25. The Labute approximate surface area is 159 Å². The van der Waals surface area contributed by atoms with Crippen molar-refractivity contribution in [1.82, 2.24) is 25.1 Å². The predicted molar refractivity (Wildman–Crippen MR) is 103 cm³/mol. The Hall–Kier alpha value is -2.60. The molecular weight excluding hydrogens is 338 g/mol. The average Bonchev–Trinajstić information content (AvgIpc) is 3.20. The minimum absolute atomic E-state index is 0.270. The molecule has 0 saturated carbocycles. The summed E-state index contributed by atoms with van der Waals surface area (Å²) in [7, 11) is 0. The normalized spacial score (nSPS) is 18.1. The van der Waals surface area contributed by atoms with Gasteiger partial charge in [0.15, 0.2) is 0 Å². The molecule has 1 saturated heterocycles. The molecule has 0 radical (unpaired) electrons. The molecule has 4 rings (SSSR count). The summed E-state index contributed by atoms with van der Waals surface area (Å²) in [5.41, 5.74) is 3.36. The Morgan fingerprint density at radius 3 is 2.74 bits per heavy atom. The third-order valence-electron chi connectivity index (χ3n) is 5.13. The molecule has 2 aromatic heterocycles. The van der Waals surface area contributed by atoms with E-state index in [1.54, 1.807) is 18.6 Å². The van der Waals surface area contributed by atoms with Crippen molar-refractivity contribution >= 4 is 0 Å². The Morgan fingerprint density at radius 1 is 1.15 bits per heavy atom. The second kappa shape index (κ2) is 7.96. The molecule has 140 valence electrons. The number of hydrogen-bond acceptors (Lipinski definition) is 6. The first-order chi connectivity index (χ1) is 13.2. The molecule has 6 nitrogen and oxygen atoms in total. The zero-order chi connectivity index (χ0) is 18.6. The number of likely N-dealkylation sites (tertiary alicyclic amines) is 1. The van der Waals surface area contributed by atoms with Gasteiger partial charge in [0.1, 0.15) is 5.69 Å². The van der Waals surface area contributed by atoms with Crippen LogP contribution in [0.5, 0.6) is 0 Å². The molecule has 0 bridgehead atoms. The first kappa shape index (κ1) is 17.8. The molecule has 1 aliphatic heterocycles. The quantitative estimate of drug-likeness (QED) is 0.682. The van der Waals surface area contributed by atoms with E-state index in [4.69, 9.17) is 4.42 Å². The lowest BCUT2D eigenvalue weighted by atomic mass is 9.97. The van der Waals surface area contributed by atoms with Gasteiger partial charge in [-0.2, -0.15) is 0 Å². The fourth-order valence-electron chi connectivity index (χ4n) is 3.58. The van der Waals surface area contributed by atoms with Crippen LogP contribution < -0.4 is 0 Å². The molecule has 0 aliphatic carbocycles. The molecular formula is C21H25N5O. The molecule has 27 heavy (non-hydrogen) atoms. The van der Waals surface area contributed by atoms with Crippen LogP contribution in [0.2, 0.25) is 0 Å². The van der Waals surface area contributed by atoms with Gasteiger partial charge in [0.2, 0.25) is 5.89 Å². The van der Waals surface area contributed by atoms with Crippen LogP contribution in [-0.2, 0) is 6.54 Å². The smallest absolute Gasteiger partial charge is 0.267 e. The minimum atomic E-state index is 0.270. The summed E-state index contributed by atoms with van der Waals surface area (Å²) < 4.78 is 5.90. The van der Waals surface area contributed by atoms with Gasteiger partial charge >= 0.3 is 0 Å². The monoisotopic (exact) mass is 363 g/mol. The van der Waals surface area contributed by atoms with Crippen molar-refractivity contribution in [3.05, 3.63) is 59.9 Å². The summed E-state index contributed by atoms with van der Waals surface area (Å²) in [6.45, 7) is 7.45. The maximum Gasteiger partial charge on any atom is 0.267 e. The zero-order valence-corrected chi connectivity index (χ0v) is 15.9. The standard InChI is InChI=1S/C21H25N5O/c1-15(2)17-7-5-16(6-8-17)13-26-11-3-4-18(14-26)20-24-25-21(27-20)19-12-22-9-10-23-19/h5-10,12,15,18H,3-4,11,13-14H2,1-2H3/t18-/m1/s1. The van der Waals surface area contributed by atoms with Crippen molar-refractivity contribution in [2.75, 3.05) is 13.1 Å². The highest BCUT2D eigenvalue weighted by Crippen LogP contribution is 2.28. The van der Waals surface area contributed by atoms with Gasteiger partial charge in [0, 0.05) is 25.5 Å². The fraction of sp³-hybridized carbons (Fsp3) is 0.429. The molecule has 0 N–H and O–H groups in total. The van der Waals surface area contributed by atoms with Crippen molar-refractivity contribution in [1.29, 1.82) is 0 Å². The first-order valence-electron chi connectivity index (χ1n) is 9.60. The van der Waals surface area contributed by atoms with Crippen molar-refractivity contribution in [3.8, 4) is 11.6 Å². The molecule has 1 aliphatic rings. The maximum atomic E-state index is 5.90. The number of rotatable bonds is 5. The molecule has 0 amide bonds. The van der Waals surface area contributed by atoms with E-state index in [1.807, 2.05) is 0 Å². The lowest BCUT2D eigenvalue weighted by Gasteiger charge is -2.31. The SMILES string of the molecule is CC(C)c1ccc(CN2CCC[C@@H](c3nnc(-c4cnccn4)o3)C2)cc1. The average molecular weight is 363 g/mol. The van der Waals surface area contributed by atoms with Crippen molar-refractivity contribution in [2.24, 2.45) is 0 Å². The van der Waals surface area contributed by atoms with Gasteiger partial charge in [-0.3, -0.25) is 9.88 Å². The highest BCUT2D eigenvalue weighted by Gasteiger charge is 2.26. The van der Waals surface area contributed by atoms with Crippen LogP contribution in [0.4, 0.5) is 0 Å². The number of piperidine rings is 1. The highest BCUT2D eigenvalue weighted by atomic mass is 16.4. The predicted octanol–water partition coefficient (Wildman–Crippen LogP) is 4.03. The second-order valence-electron chi connectivity index (χ2n) is 7.51. The third-order valence-corrected chi connectivity index (χ3v) is 5.13. The van der Waals surface area contributed by atoms with Gasteiger partial charge in [-0.1, -0.05) is 38.1 Å². The number of aromatic nitrogens is 4. The molecule has 1 atom stereocenters. The third kappa shape index (κ3) is 4.22. The van der Waals surface area contributed by atoms with E-state index in [0.29, 0.717) is 23.4 Å². The Balaban J connectivity index is 1.41. The second-order valence-corrected chi connectivity index (χ2v) is 7.51. The minimum Gasteiger partial charge on any atom is -0.419 e. The van der Waals surface area contributed by atoms with Crippen LogP contribution in [0.3, 0.4) is 0 Å². The van der Waals surface area contributed by atoms with E-state index in [2.05, 4.69) is 63.2 Å². The van der Waals surface area contributed by atoms with Crippen LogP contribution in [0, 0.1) is 0 Å². The van der Waals surface area contributed by atoms with Crippen molar-refractivity contribution < 1.29 is 4.42 Å². The van der Waals surface area contributed by atoms with Crippen LogP contribution in [0.25, 0.3) is 11.6 Å². The van der Waals surface area contributed by atoms with Crippen LogP contribution in [-0.4, -0.2) is 38.2 Å². The summed E-state index contributed by atoms with van der Waals surface area (Å²) >= 11 is 0. The number of benzene rings is 1. The summed E-state index contributed by atoms with van der Waals surface area (Å²) in [6, 6.07) is 8.98. The molecule has 3 aromatic rings. The Bertz CT molecular complexity index is 860. The number of nitrogens with zero attached hydrogens (tertiary/aromatic N) is 5. The zero-order valence-electron chi connectivity index (χ0n) is 15.9. The lowest BCUT2D eigenvalue weighted by molar-refractivity contribution is 0.186. The van der Waals surface area contributed by atoms with Gasteiger partial charge in [0.25, 0.3) is 5.89 Å². The molecule has 1 fully saturated rings. The Morgan fingerprint density at radius 2 is 2.00 bits per heavy atom. The van der Waals surface area contributed by atoms with E-state index in [0.717, 1.165) is 32.5 Å². The van der Waals surface area contributed by atoms with Crippen molar-refractivity contribution in [2.45, 2.75) is 45.1 Å².